The number of nitrogens with zero attached hydrogens (tertiary/aromatic N) is 4. The number of benzene rings is 8. The lowest BCUT2D eigenvalue weighted by atomic mass is 10.1. The first kappa shape index (κ1) is 31.3. The molecule has 1 atom stereocenters. The van der Waals surface area contributed by atoms with Gasteiger partial charge < -0.3 is 13.7 Å². The quantitative estimate of drug-likeness (QED) is 0.178. The molecule has 0 spiro atoms. The molecule has 0 radical (unpaired) electrons. The zero-order valence-electron chi connectivity index (χ0n) is 29.4. The molecule has 258 valence electrons. The van der Waals surface area contributed by atoms with E-state index in [0.29, 0.717) is 15.4 Å². The second kappa shape index (κ2) is 12.2. The van der Waals surface area contributed by atoms with E-state index < -0.39 is 10.8 Å². The van der Waals surface area contributed by atoms with Crippen LogP contribution in [0.1, 0.15) is 5.56 Å². The summed E-state index contributed by atoms with van der Waals surface area (Å²) < 4.78 is 20.9. The smallest absolute Gasteiger partial charge is 0.0991 e. The van der Waals surface area contributed by atoms with E-state index in [1.54, 1.807) is 24.3 Å². The molecule has 0 aliphatic heterocycles. The van der Waals surface area contributed by atoms with E-state index in [9.17, 15) is 9.47 Å². The highest BCUT2D eigenvalue weighted by Crippen LogP contribution is 2.44. The summed E-state index contributed by atoms with van der Waals surface area (Å²) >= 11 is 0. The maximum absolute atomic E-state index is 13.7. The maximum atomic E-state index is 13.7. The minimum Gasteiger partial charge on any atom is -0.309 e. The first-order chi connectivity index (χ1) is 27.2. The van der Waals surface area contributed by atoms with Gasteiger partial charge in [-0.3, -0.25) is 0 Å². The second-order valence-corrected chi connectivity index (χ2v) is 15.3. The van der Waals surface area contributed by atoms with Crippen LogP contribution in [-0.4, -0.2) is 17.9 Å². The first-order valence-electron chi connectivity index (χ1n) is 18.2. The fourth-order valence-electron chi connectivity index (χ4n) is 8.50. The predicted molar refractivity (Wildman–Crippen MR) is 225 cm³/mol. The summed E-state index contributed by atoms with van der Waals surface area (Å²) in [5, 5.41) is 16.3. The third-order valence-corrected chi connectivity index (χ3v) is 12.3. The Kier molecular flexibility index (Phi) is 6.94. The van der Waals surface area contributed by atoms with E-state index in [4.69, 9.17) is 0 Å². The highest BCUT2D eigenvalue weighted by atomic mass is 32.2. The monoisotopic (exact) mass is 722 g/mol. The molecule has 6 heteroatoms. The largest absolute Gasteiger partial charge is 0.309 e. The van der Waals surface area contributed by atoms with Crippen molar-refractivity contribution in [2.75, 3.05) is 0 Å². The summed E-state index contributed by atoms with van der Waals surface area (Å²) in [5.41, 5.74) is 10.6. The molecule has 8 aromatic carbocycles. The van der Waals surface area contributed by atoms with E-state index in [-0.39, 0.29) is 0 Å². The molecular weight excluding hydrogens is 693 g/mol. The highest BCUT2D eigenvalue weighted by Gasteiger charge is 2.23. The van der Waals surface area contributed by atoms with Crippen molar-refractivity contribution >= 4 is 76.2 Å². The Bertz CT molecular complexity index is 3370. The fraction of sp³-hybridized carbons (Fsp3) is 0. The Morgan fingerprint density at radius 3 is 1.53 bits per heavy atom. The van der Waals surface area contributed by atoms with Gasteiger partial charge in [-0.1, -0.05) is 78.9 Å². The molecule has 11 rings (SSSR count). The average molecular weight is 723 g/mol. The van der Waals surface area contributed by atoms with Gasteiger partial charge in [0.05, 0.1) is 55.5 Å². The Balaban J connectivity index is 1.25. The van der Waals surface area contributed by atoms with Crippen molar-refractivity contribution in [2.45, 2.75) is 9.79 Å². The molecule has 3 aromatic heterocycles. The van der Waals surface area contributed by atoms with Crippen LogP contribution >= 0.6 is 0 Å². The molecule has 11 aromatic rings. The zero-order chi connectivity index (χ0) is 36.6. The number of para-hydroxylation sites is 4. The van der Waals surface area contributed by atoms with Gasteiger partial charge in [-0.05, 0) is 103 Å². The Morgan fingerprint density at radius 2 is 0.891 bits per heavy atom. The van der Waals surface area contributed by atoms with Gasteiger partial charge in [-0.25, -0.2) is 4.21 Å². The van der Waals surface area contributed by atoms with E-state index >= 15 is 0 Å². The average Bonchev–Trinajstić information content (AvgIpc) is 3.88. The minimum absolute atomic E-state index is 0.545. The van der Waals surface area contributed by atoms with Crippen LogP contribution < -0.4 is 0 Å². The van der Waals surface area contributed by atoms with Crippen LogP contribution in [0.25, 0.3) is 82.5 Å². The van der Waals surface area contributed by atoms with E-state index in [2.05, 4.69) is 165 Å². The molecule has 55 heavy (non-hydrogen) atoms. The highest BCUT2D eigenvalue weighted by molar-refractivity contribution is 7.85. The van der Waals surface area contributed by atoms with Gasteiger partial charge in [0.25, 0.3) is 0 Å². The standard InChI is InChI=1S/C49H30N4OS/c50-31-32-19-23-36(24-20-32)55(54)37-25-21-35(22-26-37)53-47-29-41-38-15-7-9-17-43(38)52(34-13-5-2-6-14-34)46(41)30-42(47)39-27-28-45-48(49(39)53)40-16-8-10-18-44(40)51(45)33-11-3-1-4-12-33/h1-30H. The lowest BCUT2D eigenvalue weighted by Gasteiger charge is -2.11. The van der Waals surface area contributed by atoms with Crippen LogP contribution in [0.15, 0.2) is 192 Å². The van der Waals surface area contributed by atoms with Gasteiger partial charge in [-0.2, -0.15) is 5.26 Å². The van der Waals surface area contributed by atoms with Crippen LogP contribution in [0, 0.1) is 11.3 Å². The predicted octanol–water partition coefficient (Wildman–Crippen LogP) is 12.0. The molecule has 0 saturated carbocycles. The third kappa shape index (κ3) is 4.67. The van der Waals surface area contributed by atoms with Crippen LogP contribution in [-0.2, 0) is 10.8 Å². The van der Waals surface area contributed by atoms with Crippen LogP contribution in [0.3, 0.4) is 0 Å². The summed E-state index contributed by atoms with van der Waals surface area (Å²) in [6, 6.07) is 65.0. The number of nitriles is 1. The van der Waals surface area contributed by atoms with Gasteiger partial charge in [0.2, 0.25) is 0 Å². The van der Waals surface area contributed by atoms with Crippen molar-refractivity contribution in [1.29, 1.82) is 5.26 Å². The summed E-state index contributed by atoms with van der Waals surface area (Å²) in [6.45, 7) is 0. The van der Waals surface area contributed by atoms with Gasteiger partial charge in [0, 0.05) is 59.2 Å². The summed E-state index contributed by atoms with van der Waals surface area (Å²) in [5.74, 6) is 0. The van der Waals surface area contributed by atoms with Crippen molar-refractivity contribution in [1.82, 2.24) is 13.7 Å². The van der Waals surface area contributed by atoms with E-state index in [1.165, 1.54) is 21.5 Å². The summed E-state index contributed by atoms with van der Waals surface area (Å²) in [4.78, 5) is 1.37. The molecule has 0 saturated heterocycles. The third-order valence-electron chi connectivity index (χ3n) is 10.9. The van der Waals surface area contributed by atoms with E-state index in [0.717, 1.165) is 60.9 Å². The number of hydrogen-bond acceptors (Lipinski definition) is 2. The van der Waals surface area contributed by atoms with Gasteiger partial charge >= 0.3 is 0 Å². The molecule has 0 bridgehead atoms. The normalized spacial score (nSPS) is 12.3. The molecule has 1 unspecified atom stereocenters. The molecule has 0 aliphatic carbocycles. The Morgan fingerprint density at radius 1 is 0.400 bits per heavy atom. The van der Waals surface area contributed by atoms with Gasteiger partial charge in [-0.15, -0.1) is 0 Å². The number of fused-ring (bicyclic) bond motifs is 10. The Hall–Kier alpha value is -7.20. The summed E-state index contributed by atoms with van der Waals surface area (Å²) in [7, 11) is -1.40. The molecule has 5 nitrogen and oxygen atoms in total. The Labute approximate surface area is 318 Å². The lowest BCUT2D eigenvalue weighted by molar-refractivity contribution is 0.683. The van der Waals surface area contributed by atoms with Crippen molar-refractivity contribution in [3.63, 3.8) is 0 Å². The van der Waals surface area contributed by atoms with Crippen LogP contribution in [0.4, 0.5) is 0 Å². The molecule has 0 amide bonds. The van der Waals surface area contributed by atoms with Crippen molar-refractivity contribution in [3.05, 3.63) is 188 Å². The maximum Gasteiger partial charge on any atom is 0.0991 e. The van der Waals surface area contributed by atoms with Crippen molar-refractivity contribution < 1.29 is 4.21 Å². The van der Waals surface area contributed by atoms with Crippen molar-refractivity contribution in [2.24, 2.45) is 0 Å². The van der Waals surface area contributed by atoms with E-state index in [1.807, 2.05) is 12.1 Å². The number of rotatable bonds is 5. The van der Waals surface area contributed by atoms with Gasteiger partial charge in [0.1, 0.15) is 0 Å². The van der Waals surface area contributed by atoms with Gasteiger partial charge in [0.15, 0.2) is 0 Å². The molecule has 3 heterocycles. The fourth-order valence-corrected chi connectivity index (χ4v) is 9.54. The van der Waals surface area contributed by atoms with Crippen LogP contribution in [0.2, 0.25) is 0 Å². The minimum atomic E-state index is -1.40. The number of aromatic nitrogens is 3. The molecular formula is C49H30N4OS. The van der Waals surface area contributed by atoms with Crippen LogP contribution in [0.5, 0.6) is 0 Å². The zero-order valence-corrected chi connectivity index (χ0v) is 30.2. The molecule has 0 fully saturated rings. The van der Waals surface area contributed by atoms with Crippen molar-refractivity contribution in [3.8, 4) is 23.1 Å². The molecule has 0 N–H and O–H groups in total. The molecule has 0 aliphatic rings. The second-order valence-electron chi connectivity index (χ2n) is 13.9. The lowest BCUT2D eigenvalue weighted by Crippen LogP contribution is -1.97. The summed E-state index contributed by atoms with van der Waals surface area (Å²) in [6.07, 6.45) is 0. The topological polar surface area (TPSA) is 55.6 Å². The number of hydrogen-bond donors (Lipinski definition) is 0. The SMILES string of the molecule is N#Cc1ccc(S(=O)c2ccc(-n3c4cc5c6ccccc6n(-c6ccccc6)c5cc4c4ccc5c(c6ccccc6n5-c5ccccc5)c43)cc2)cc1. The first-order valence-corrected chi connectivity index (χ1v) is 19.4.